The molecule has 2 fully saturated rings. The summed E-state index contributed by atoms with van der Waals surface area (Å²) in [5.74, 6) is 1.11. The van der Waals surface area contributed by atoms with E-state index < -0.39 is 0 Å². The first-order valence-electron chi connectivity index (χ1n) is 6.60. The number of hydrogen-bond donors (Lipinski definition) is 1. The lowest BCUT2D eigenvalue weighted by molar-refractivity contribution is -0.121. The lowest BCUT2D eigenvalue weighted by Crippen LogP contribution is -2.31. The van der Waals surface area contributed by atoms with Crippen LogP contribution in [0.3, 0.4) is 0 Å². The molecule has 1 amide bonds. The number of ether oxygens (including phenoxy) is 1. The standard InChI is InChI=1S/C13H18N4O2/c1-17(2)13-14-6-5-11(16-13)15-12(18)9-7-8-3-4-10(9)19-8/h5-6,8-10H,3-4,7H2,1-2H3,(H,14,15,16,18)/t8-,9+,10-/m1/s1. The number of carbonyl (C=O) groups is 1. The van der Waals surface area contributed by atoms with Crippen LogP contribution in [-0.4, -0.2) is 42.2 Å². The van der Waals surface area contributed by atoms with Crippen molar-refractivity contribution in [3.63, 3.8) is 0 Å². The second kappa shape index (κ2) is 4.77. The second-order valence-electron chi connectivity index (χ2n) is 5.34. The zero-order valence-electron chi connectivity index (χ0n) is 11.2. The molecule has 0 saturated carbocycles. The van der Waals surface area contributed by atoms with Gasteiger partial charge in [0, 0.05) is 20.3 Å². The van der Waals surface area contributed by atoms with Gasteiger partial charge in [-0.1, -0.05) is 0 Å². The van der Waals surface area contributed by atoms with Crippen molar-refractivity contribution >= 4 is 17.7 Å². The van der Waals surface area contributed by atoms with Crippen LogP contribution in [0.25, 0.3) is 0 Å². The van der Waals surface area contributed by atoms with Gasteiger partial charge in [-0.15, -0.1) is 0 Å². The Balaban J connectivity index is 1.68. The Kier molecular flexibility index (Phi) is 3.10. The van der Waals surface area contributed by atoms with Crippen LogP contribution in [-0.2, 0) is 9.53 Å². The number of anilines is 2. The Morgan fingerprint density at radius 1 is 1.47 bits per heavy atom. The van der Waals surface area contributed by atoms with Crippen LogP contribution in [0.4, 0.5) is 11.8 Å². The molecule has 0 radical (unpaired) electrons. The van der Waals surface area contributed by atoms with Crippen LogP contribution in [0.5, 0.6) is 0 Å². The van der Waals surface area contributed by atoms with Crippen molar-refractivity contribution in [2.45, 2.75) is 31.5 Å². The van der Waals surface area contributed by atoms with E-state index >= 15 is 0 Å². The topological polar surface area (TPSA) is 67.4 Å². The summed E-state index contributed by atoms with van der Waals surface area (Å²) in [7, 11) is 3.73. The molecule has 0 unspecified atom stereocenters. The lowest BCUT2D eigenvalue weighted by atomic mass is 9.88. The van der Waals surface area contributed by atoms with Gasteiger partial charge in [-0.3, -0.25) is 4.79 Å². The fraction of sp³-hybridized carbons (Fsp3) is 0.615. The molecular formula is C13H18N4O2. The molecule has 1 aromatic rings. The third kappa shape index (κ3) is 2.40. The van der Waals surface area contributed by atoms with Crippen LogP contribution in [0, 0.1) is 5.92 Å². The van der Waals surface area contributed by atoms with Gasteiger partial charge >= 0.3 is 0 Å². The number of rotatable bonds is 3. The zero-order valence-corrected chi connectivity index (χ0v) is 11.2. The quantitative estimate of drug-likeness (QED) is 0.882. The molecule has 6 heteroatoms. The van der Waals surface area contributed by atoms with E-state index in [1.807, 2.05) is 14.1 Å². The number of carbonyl (C=O) groups excluding carboxylic acids is 1. The zero-order chi connectivity index (χ0) is 13.4. The highest BCUT2D eigenvalue weighted by Crippen LogP contribution is 2.39. The van der Waals surface area contributed by atoms with Gasteiger partial charge in [-0.25, -0.2) is 4.98 Å². The number of hydrogen-bond acceptors (Lipinski definition) is 5. The molecule has 1 aromatic heterocycles. The SMILES string of the molecule is CN(C)c1nccc(NC(=O)[C@H]2C[C@H]3CC[C@H]2O3)n1. The van der Waals surface area contributed by atoms with E-state index in [0.717, 1.165) is 19.3 Å². The van der Waals surface area contributed by atoms with Crippen molar-refractivity contribution in [1.82, 2.24) is 9.97 Å². The van der Waals surface area contributed by atoms with Crippen molar-refractivity contribution in [1.29, 1.82) is 0 Å². The molecule has 0 aromatic carbocycles. The summed E-state index contributed by atoms with van der Waals surface area (Å²) in [6.07, 6.45) is 4.95. The van der Waals surface area contributed by atoms with Gasteiger partial charge in [-0.05, 0) is 25.3 Å². The first kappa shape index (κ1) is 12.3. The largest absolute Gasteiger partial charge is 0.374 e. The maximum atomic E-state index is 12.2. The monoisotopic (exact) mass is 262 g/mol. The molecule has 2 aliphatic heterocycles. The van der Waals surface area contributed by atoms with Crippen LogP contribution >= 0.6 is 0 Å². The molecule has 102 valence electrons. The van der Waals surface area contributed by atoms with Crippen molar-refractivity contribution in [3.8, 4) is 0 Å². The molecule has 3 heterocycles. The molecule has 2 bridgehead atoms. The average Bonchev–Trinajstić information content (AvgIpc) is 3.01. The predicted octanol–water partition coefficient (Wildman–Crippen LogP) is 1.05. The van der Waals surface area contributed by atoms with Crippen LogP contribution in [0.2, 0.25) is 0 Å². The highest BCUT2D eigenvalue weighted by Gasteiger charge is 2.44. The maximum Gasteiger partial charge on any atom is 0.231 e. The molecule has 19 heavy (non-hydrogen) atoms. The van der Waals surface area contributed by atoms with Crippen molar-refractivity contribution < 1.29 is 9.53 Å². The van der Waals surface area contributed by atoms with Crippen LogP contribution in [0.15, 0.2) is 12.3 Å². The van der Waals surface area contributed by atoms with Crippen molar-refractivity contribution in [3.05, 3.63) is 12.3 Å². The summed E-state index contributed by atoms with van der Waals surface area (Å²) >= 11 is 0. The Morgan fingerprint density at radius 3 is 2.95 bits per heavy atom. The summed E-state index contributed by atoms with van der Waals surface area (Å²) < 4.78 is 5.70. The van der Waals surface area contributed by atoms with E-state index in [2.05, 4.69) is 15.3 Å². The summed E-state index contributed by atoms with van der Waals surface area (Å²) in [6.45, 7) is 0. The average molecular weight is 262 g/mol. The molecular weight excluding hydrogens is 244 g/mol. The van der Waals surface area contributed by atoms with Gasteiger partial charge < -0.3 is 15.0 Å². The Bertz CT molecular complexity index is 491. The number of nitrogens with zero attached hydrogens (tertiary/aromatic N) is 3. The van der Waals surface area contributed by atoms with Gasteiger partial charge in [0.05, 0.1) is 18.1 Å². The second-order valence-corrected chi connectivity index (χ2v) is 5.34. The molecule has 1 N–H and O–H groups in total. The smallest absolute Gasteiger partial charge is 0.231 e. The Morgan fingerprint density at radius 2 is 2.32 bits per heavy atom. The minimum Gasteiger partial charge on any atom is -0.374 e. The molecule has 0 aliphatic carbocycles. The Hall–Kier alpha value is -1.69. The van der Waals surface area contributed by atoms with Crippen LogP contribution in [0.1, 0.15) is 19.3 Å². The normalized spacial score (nSPS) is 28.4. The molecule has 3 atom stereocenters. The van der Waals surface area contributed by atoms with Gasteiger partial charge in [0.1, 0.15) is 5.82 Å². The third-order valence-corrected chi connectivity index (χ3v) is 3.74. The number of amides is 1. The summed E-state index contributed by atoms with van der Waals surface area (Å²) in [5, 5.41) is 2.87. The van der Waals surface area contributed by atoms with Gasteiger partial charge in [-0.2, -0.15) is 4.98 Å². The van der Waals surface area contributed by atoms with Gasteiger partial charge in [0.15, 0.2) is 0 Å². The summed E-state index contributed by atoms with van der Waals surface area (Å²) in [6, 6.07) is 1.71. The van der Waals surface area contributed by atoms with E-state index in [-0.39, 0.29) is 24.0 Å². The van der Waals surface area contributed by atoms with E-state index in [9.17, 15) is 4.79 Å². The minimum atomic E-state index is -0.0310. The molecule has 2 aliphatic rings. The maximum absolute atomic E-state index is 12.2. The molecule has 0 spiro atoms. The fourth-order valence-corrected chi connectivity index (χ4v) is 2.77. The number of fused-ring (bicyclic) bond motifs is 2. The highest BCUT2D eigenvalue weighted by atomic mass is 16.5. The first-order valence-corrected chi connectivity index (χ1v) is 6.60. The van der Waals surface area contributed by atoms with E-state index in [1.54, 1.807) is 17.2 Å². The highest BCUT2D eigenvalue weighted by molar-refractivity contribution is 5.92. The van der Waals surface area contributed by atoms with Crippen molar-refractivity contribution in [2.24, 2.45) is 5.92 Å². The number of aromatic nitrogens is 2. The van der Waals surface area contributed by atoms with E-state index in [4.69, 9.17) is 4.74 Å². The first-order chi connectivity index (χ1) is 9.13. The minimum absolute atomic E-state index is 0.00982. The third-order valence-electron chi connectivity index (χ3n) is 3.74. The molecule has 2 saturated heterocycles. The van der Waals surface area contributed by atoms with Crippen LogP contribution < -0.4 is 10.2 Å². The predicted molar refractivity (Wildman–Crippen MR) is 71.0 cm³/mol. The number of nitrogens with one attached hydrogen (secondary N) is 1. The molecule has 6 nitrogen and oxygen atoms in total. The molecule has 3 rings (SSSR count). The van der Waals surface area contributed by atoms with E-state index in [0.29, 0.717) is 11.8 Å². The lowest BCUT2D eigenvalue weighted by Gasteiger charge is -2.18. The van der Waals surface area contributed by atoms with Gasteiger partial charge in [0.25, 0.3) is 0 Å². The van der Waals surface area contributed by atoms with Gasteiger partial charge in [0.2, 0.25) is 11.9 Å². The summed E-state index contributed by atoms with van der Waals surface area (Å²) in [5.41, 5.74) is 0. The fourth-order valence-electron chi connectivity index (χ4n) is 2.77. The Labute approximate surface area is 112 Å². The summed E-state index contributed by atoms with van der Waals surface area (Å²) in [4.78, 5) is 22.4. The van der Waals surface area contributed by atoms with E-state index in [1.165, 1.54) is 0 Å². The van der Waals surface area contributed by atoms with Crippen molar-refractivity contribution in [2.75, 3.05) is 24.3 Å².